The number of hydrogen-bond acceptors (Lipinski definition) is 3. The Bertz CT molecular complexity index is 2840. The van der Waals surface area contributed by atoms with Crippen molar-refractivity contribution in [2.75, 3.05) is 0 Å². The van der Waals surface area contributed by atoms with E-state index in [4.69, 9.17) is 15.0 Å². The number of nitrogens with zero attached hydrogens (tertiary/aromatic N) is 4. The van der Waals surface area contributed by atoms with Crippen molar-refractivity contribution in [1.29, 1.82) is 0 Å². The molecule has 0 aliphatic heterocycles. The summed E-state index contributed by atoms with van der Waals surface area (Å²) >= 11 is 0. The third-order valence-electron chi connectivity index (χ3n) is 10.3. The first kappa shape index (κ1) is 33.1. The van der Waals surface area contributed by atoms with Crippen LogP contribution in [0.2, 0.25) is 0 Å². The molecule has 10 aromatic rings. The molecule has 0 aliphatic carbocycles. The van der Waals surface area contributed by atoms with Gasteiger partial charge in [-0.15, -0.1) is 0 Å². The van der Waals surface area contributed by atoms with Gasteiger partial charge in [0.2, 0.25) is 0 Å². The molecule has 0 N–H and O–H groups in total. The van der Waals surface area contributed by atoms with Gasteiger partial charge in [-0.1, -0.05) is 158 Å². The highest BCUT2D eigenvalue weighted by Gasteiger charge is 2.20. The number of rotatable bonds is 7. The second-order valence-electron chi connectivity index (χ2n) is 13.8. The third-order valence-corrected chi connectivity index (χ3v) is 10.3. The van der Waals surface area contributed by atoms with Crippen molar-refractivity contribution >= 4 is 21.8 Å². The topological polar surface area (TPSA) is 43.6 Å². The summed E-state index contributed by atoms with van der Waals surface area (Å²) in [6.07, 6.45) is 0. The number of halogens is 1. The van der Waals surface area contributed by atoms with E-state index in [0.717, 1.165) is 77.6 Å². The molecule has 0 fully saturated rings. The van der Waals surface area contributed by atoms with Gasteiger partial charge in [0.05, 0.1) is 16.7 Å². The van der Waals surface area contributed by atoms with Crippen molar-refractivity contribution in [1.82, 2.24) is 19.5 Å². The summed E-state index contributed by atoms with van der Waals surface area (Å²) in [4.78, 5) is 15.1. The molecule has 4 nitrogen and oxygen atoms in total. The molecule has 0 radical (unpaired) electrons. The summed E-state index contributed by atoms with van der Waals surface area (Å²) in [5, 5.41) is 2.26. The van der Waals surface area contributed by atoms with Crippen LogP contribution < -0.4 is 0 Å². The number of fused-ring (bicyclic) bond motifs is 3. The zero-order chi connectivity index (χ0) is 37.4. The van der Waals surface area contributed by atoms with Gasteiger partial charge in [-0.3, -0.25) is 0 Å². The van der Waals surface area contributed by atoms with Crippen molar-refractivity contribution in [2.24, 2.45) is 0 Å². The Morgan fingerprint density at radius 1 is 0.321 bits per heavy atom. The van der Waals surface area contributed by atoms with E-state index >= 15 is 0 Å². The lowest BCUT2D eigenvalue weighted by Gasteiger charge is -2.17. The van der Waals surface area contributed by atoms with Gasteiger partial charge in [0.25, 0.3) is 0 Å². The van der Waals surface area contributed by atoms with Gasteiger partial charge >= 0.3 is 0 Å². The summed E-state index contributed by atoms with van der Waals surface area (Å²) in [7, 11) is 0. The predicted molar refractivity (Wildman–Crippen MR) is 227 cm³/mol. The lowest BCUT2D eigenvalue weighted by molar-refractivity contribution is 0.628. The van der Waals surface area contributed by atoms with Crippen LogP contribution in [0.5, 0.6) is 0 Å². The molecule has 56 heavy (non-hydrogen) atoms. The molecule has 0 spiro atoms. The molecule has 2 heterocycles. The molecule has 0 saturated heterocycles. The van der Waals surface area contributed by atoms with E-state index in [2.05, 4.69) is 108 Å². The molecule has 0 saturated carbocycles. The first-order chi connectivity index (χ1) is 27.7. The molecule has 0 atom stereocenters. The molecule has 2 aromatic heterocycles. The van der Waals surface area contributed by atoms with E-state index < -0.39 is 0 Å². The number of benzene rings is 8. The summed E-state index contributed by atoms with van der Waals surface area (Å²) in [6.45, 7) is 0. The number of aromatic nitrogens is 4. The minimum Gasteiger partial charge on any atom is -0.309 e. The van der Waals surface area contributed by atoms with Crippen LogP contribution in [-0.4, -0.2) is 19.5 Å². The fourth-order valence-electron chi connectivity index (χ4n) is 7.57. The van der Waals surface area contributed by atoms with E-state index in [-0.39, 0.29) is 5.82 Å². The van der Waals surface area contributed by atoms with Crippen molar-refractivity contribution < 1.29 is 4.39 Å². The van der Waals surface area contributed by atoms with Crippen molar-refractivity contribution in [2.45, 2.75) is 0 Å². The molecule has 8 aromatic carbocycles. The summed E-state index contributed by atoms with van der Waals surface area (Å²) in [5.74, 6) is 1.47. The Labute approximate surface area is 323 Å². The van der Waals surface area contributed by atoms with Crippen LogP contribution in [0.25, 0.3) is 95.0 Å². The van der Waals surface area contributed by atoms with Crippen molar-refractivity contribution in [3.8, 4) is 73.2 Å². The average Bonchev–Trinajstić information content (AvgIpc) is 3.60. The predicted octanol–water partition coefficient (Wildman–Crippen LogP) is 13.1. The second kappa shape index (κ2) is 14.0. The quantitative estimate of drug-likeness (QED) is 0.165. The van der Waals surface area contributed by atoms with Crippen LogP contribution in [0, 0.1) is 5.82 Å². The molecule has 0 bridgehead atoms. The molecule has 264 valence electrons. The normalized spacial score (nSPS) is 11.3. The molecular formula is C51H33FN4. The fraction of sp³-hybridized carbons (Fsp3) is 0. The zero-order valence-corrected chi connectivity index (χ0v) is 30.2. The lowest BCUT2D eigenvalue weighted by Crippen LogP contribution is -2.02. The van der Waals surface area contributed by atoms with Crippen LogP contribution >= 0.6 is 0 Å². The molecule has 0 aliphatic rings. The molecule has 0 unspecified atom stereocenters. The Balaban J connectivity index is 1.25. The zero-order valence-electron chi connectivity index (χ0n) is 30.2. The highest BCUT2D eigenvalue weighted by molar-refractivity contribution is 6.12. The first-order valence-corrected chi connectivity index (χ1v) is 18.6. The van der Waals surface area contributed by atoms with Gasteiger partial charge in [0.15, 0.2) is 17.5 Å². The average molecular weight is 721 g/mol. The highest BCUT2D eigenvalue weighted by Crippen LogP contribution is 2.41. The summed E-state index contributed by atoms with van der Waals surface area (Å²) in [5.41, 5.74) is 12.1. The van der Waals surface area contributed by atoms with Gasteiger partial charge in [0.1, 0.15) is 5.82 Å². The standard InChI is InChI=1S/C51H33FN4/c52-42-26-21-36(22-27-42)43-28-23-41(51-54-49(37-17-9-3-10-18-37)53-50(55-51)38-19-11-4-12-20-38)33-48(43)56-46-29-24-39(34-13-5-1-6-14-34)31-44(46)45-32-40(25-30-47(45)56)35-15-7-2-8-16-35/h1-33H. The Morgan fingerprint density at radius 3 is 1.18 bits per heavy atom. The Kier molecular flexibility index (Phi) is 8.30. The van der Waals surface area contributed by atoms with Gasteiger partial charge in [-0.25, -0.2) is 19.3 Å². The molecule has 0 amide bonds. The van der Waals surface area contributed by atoms with Gasteiger partial charge in [-0.05, 0) is 70.3 Å². The van der Waals surface area contributed by atoms with E-state index in [1.54, 1.807) is 0 Å². The van der Waals surface area contributed by atoms with E-state index in [1.807, 2.05) is 84.9 Å². The minimum absolute atomic E-state index is 0.280. The Hall–Kier alpha value is -7.50. The van der Waals surface area contributed by atoms with Crippen molar-refractivity contribution in [3.05, 3.63) is 206 Å². The van der Waals surface area contributed by atoms with Crippen molar-refractivity contribution in [3.63, 3.8) is 0 Å². The van der Waals surface area contributed by atoms with E-state index in [9.17, 15) is 4.39 Å². The van der Waals surface area contributed by atoms with E-state index in [1.165, 1.54) is 12.1 Å². The third kappa shape index (κ3) is 6.11. The maximum absolute atomic E-state index is 14.4. The van der Waals surface area contributed by atoms with Crippen LogP contribution in [0.1, 0.15) is 0 Å². The highest BCUT2D eigenvalue weighted by atomic mass is 19.1. The van der Waals surface area contributed by atoms with Crippen LogP contribution in [0.3, 0.4) is 0 Å². The second-order valence-corrected chi connectivity index (χ2v) is 13.8. The Morgan fingerprint density at radius 2 is 0.714 bits per heavy atom. The van der Waals surface area contributed by atoms with Gasteiger partial charge in [0, 0.05) is 33.0 Å². The summed E-state index contributed by atoms with van der Waals surface area (Å²) in [6, 6.07) is 67.4. The largest absolute Gasteiger partial charge is 0.309 e. The first-order valence-electron chi connectivity index (χ1n) is 18.6. The minimum atomic E-state index is -0.280. The number of hydrogen-bond donors (Lipinski definition) is 0. The monoisotopic (exact) mass is 720 g/mol. The molecule has 5 heteroatoms. The van der Waals surface area contributed by atoms with Crippen LogP contribution in [-0.2, 0) is 0 Å². The SMILES string of the molecule is Fc1ccc(-c2ccc(-c3nc(-c4ccccc4)nc(-c4ccccc4)n3)cc2-n2c3ccc(-c4ccccc4)cc3c3cc(-c4ccccc4)ccc32)cc1. The molecular weight excluding hydrogens is 688 g/mol. The maximum Gasteiger partial charge on any atom is 0.164 e. The van der Waals surface area contributed by atoms with E-state index in [0.29, 0.717) is 17.5 Å². The van der Waals surface area contributed by atoms with Gasteiger partial charge in [-0.2, -0.15) is 0 Å². The maximum atomic E-state index is 14.4. The van der Waals surface area contributed by atoms with Gasteiger partial charge < -0.3 is 4.57 Å². The van der Waals surface area contributed by atoms with Crippen LogP contribution in [0.15, 0.2) is 200 Å². The smallest absolute Gasteiger partial charge is 0.164 e. The summed E-state index contributed by atoms with van der Waals surface area (Å²) < 4.78 is 16.7. The van der Waals surface area contributed by atoms with Crippen LogP contribution in [0.4, 0.5) is 4.39 Å². The molecule has 10 rings (SSSR count). The lowest BCUT2D eigenvalue weighted by atomic mass is 10.00. The fourth-order valence-corrected chi connectivity index (χ4v) is 7.57.